The van der Waals surface area contributed by atoms with Gasteiger partial charge in [-0.15, -0.1) is 0 Å². The second kappa shape index (κ2) is 4.70. The van der Waals surface area contributed by atoms with Crippen molar-refractivity contribution in [3.8, 4) is 5.75 Å². The van der Waals surface area contributed by atoms with E-state index in [9.17, 15) is 19.5 Å². The SMILES string of the molecule is O=I(=O)c1c(F)cc(F)cc1OP(=O)(O)O. The Kier molecular flexibility index (Phi) is 3.94. The number of benzene rings is 1. The molecule has 0 atom stereocenters. The monoisotopic (exact) mass is 368 g/mol. The molecule has 0 aliphatic carbocycles. The minimum Gasteiger partial charge on any atom is -0.403 e. The summed E-state index contributed by atoms with van der Waals surface area (Å²) in [6.45, 7) is 0. The lowest BCUT2D eigenvalue weighted by molar-refractivity contribution is 0.281. The minimum absolute atomic E-state index is 0.280. The number of halogens is 3. The van der Waals surface area contributed by atoms with Gasteiger partial charge >= 0.3 is 27.6 Å². The van der Waals surface area contributed by atoms with E-state index >= 15 is 0 Å². The van der Waals surface area contributed by atoms with Crippen molar-refractivity contribution >= 4 is 27.6 Å². The average Bonchev–Trinajstić information content (AvgIpc) is 1.96. The molecule has 16 heavy (non-hydrogen) atoms. The normalized spacial score (nSPS) is 11.8. The summed E-state index contributed by atoms with van der Waals surface area (Å²) in [6, 6.07) is 0.667. The van der Waals surface area contributed by atoms with Crippen molar-refractivity contribution in [2.24, 2.45) is 0 Å². The molecule has 0 fully saturated rings. The van der Waals surface area contributed by atoms with Crippen molar-refractivity contribution in [2.75, 3.05) is 0 Å². The quantitative estimate of drug-likeness (QED) is 0.480. The van der Waals surface area contributed by atoms with Crippen LogP contribution in [-0.2, 0) is 10.7 Å². The van der Waals surface area contributed by atoms with E-state index in [1.807, 2.05) is 0 Å². The second-order valence-electron chi connectivity index (χ2n) is 2.50. The lowest BCUT2D eigenvalue weighted by Crippen LogP contribution is -1.96. The van der Waals surface area contributed by atoms with E-state index in [1.165, 1.54) is 0 Å². The summed E-state index contributed by atoms with van der Waals surface area (Å²) in [4.78, 5) is 16.8. The van der Waals surface area contributed by atoms with Crippen molar-refractivity contribution < 1.29 is 33.8 Å². The van der Waals surface area contributed by atoms with Crippen molar-refractivity contribution in [3.05, 3.63) is 27.3 Å². The summed E-state index contributed by atoms with van der Waals surface area (Å²) in [5.74, 6) is -3.68. The van der Waals surface area contributed by atoms with Gasteiger partial charge in [-0.25, -0.2) is 19.5 Å². The zero-order valence-corrected chi connectivity index (χ0v) is 10.3. The van der Waals surface area contributed by atoms with Gasteiger partial charge in [0, 0.05) is 12.1 Å². The van der Waals surface area contributed by atoms with E-state index in [0.717, 1.165) is 0 Å². The van der Waals surface area contributed by atoms with Crippen LogP contribution in [0.3, 0.4) is 0 Å². The maximum absolute atomic E-state index is 13.0. The third kappa shape index (κ3) is 3.44. The highest BCUT2D eigenvalue weighted by molar-refractivity contribution is 14.2. The van der Waals surface area contributed by atoms with Gasteiger partial charge in [0.25, 0.3) is 0 Å². The zero-order chi connectivity index (χ0) is 12.5. The van der Waals surface area contributed by atoms with Crippen LogP contribution in [0.25, 0.3) is 0 Å². The average molecular weight is 368 g/mol. The highest BCUT2D eigenvalue weighted by atomic mass is 127. The highest BCUT2D eigenvalue weighted by Gasteiger charge is 2.24. The van der Waals surface area contributed by atoms with Gasteiger partial charge in [0.15, 0.2) is 9.32 Å². The van der Waals surface area contributed by atoms with Crippen molar-refractivity contribution in [1.29, 1.82) is 0 Å². The van der Waals surface area contributed by atoms with Gasteiger partial charge in [-0.1, -0.05) is 0 Å². The summed E-state index contributed by atoms with van der Waals surface area (Å²) in [5.41, 5.74) is 0. The van der Waals surface area contributed by atoms with Crippen LogP contribution >= 0.6 is 27.6 Å². The number of hydrogen-bond acceptors (Lipinski definition) is 4. The topological polar surface area (TPSA) is 101 Å². The Labute approximate surface area is 94.6 Å². The fraction of sp³-hybridized carbons (Fsp3) is 0. The first-order valence-corrected chi connectivity index (χ1v) is 7.87. The van der Waals surface area contributed by atoms with Gasteiger partial charge in [-0.2, -0.15) is 0 Å². The predicted molar refractivity (Wildman–Crippen MR) is 53.1 cm³/mol. The third-order valence-electron chi connectivity index (χ3n) is 1.33. The molecule has 0 saturated carbocycles. The van der Waals surface area contributed by atoms with E-state index in [0.29, 0.717) is 6.07 Å². The van der Waals surface area contributed by atoms with Gasteiger partial charge in [-0.05, 0) is 0 Å². The van der Waals surface area contributed by atoms with E-state index in [-0.39, 0.29) is 6.07 Å². The highest BCUT2D eigenvalue weighted by Crippen LogP contribution is 2.42. The molecule has 0 spiro atoms. The molecule has 0 radical (unpaired) electrons. The van der Waals surface area contributed by atoms with Crippen LogP contribution in [0.5, 0.6) is 5.75 Å². The Morgan fingerprint density at radius 3 is 2.25 bits per heavy atom. The summed E-state index contributed by atoms with van der Waals surface area (Å²) in [7, 11) is -5.08. The van der Waals surface area contributed by atoms with Crippen LogP contribution in [0.2, 0.25) is 0 Å². The Morgan fingerprint density at radius 2 is 1.81 bits per heavy atom. The lowest BCUT2D eigenvalue weighted by Gasteiger charge is -2.08. The number of phosphoric ester groups is 1. The summed E-state index contributed by atoms with van der Waals surface area (Å²) < 4.78 is 60.3. The van der Waals surface area contributed by atoms with Crippen molar-refractivity contribution in [2.45, 2.75) is 0 Å². The first-order valence-electron chi connectivity index (χ1n) is 3.50. The number of hydrogen-bond donors (Lipinski definition) is 2. The Morgan fingerprint density at radius 1 is 1.25 bits per heavy atom. The molecule has 1 aromatic carbocycles. The standard InChI is InChI=1S/C6H4F2IO6P/c7-3-1-4(8)6(9(10)11)5(2-3)15-16(12,13)14/h1-2H,(H2,12,13,14). The lowest BCUT2D eigenvalue weighted by atomic mass is 10.3. The van der Waals surface area contributed by atoms with Gasteiger partial charge < -0.3 is 4.52 Å². The van der Waals surface area contributed by atoms with E-state index in [2.05, 4.69) is 4.52 Å². The maximum atomic E-state index is 13.0. The molecule has 0 aliphatic heterocycles. The number of phosphoric acid groups is 1. The molecule has 0 amide bonds. The summed E-state index contributed by atoms with van der Waals surface area (Å²) in [5, 5.41) is 0. The Hall–Kier alpha value is -0.640. The van der Waals surface area contributed by atoms with E-state index < -0.39 is 48.6 Å². The van der Waals surface area contributed by atoms with Gasteiger partial charge in [0.05, 0.1) is 0 Å². The fourth-order valence-electron chi connectivity index (χ4n) is 0.877. The van der Waals surface area contributed by atoms with Gasteiger partial charge in [0.1, 0.15) is 11.6 Å². The molecule has 2 N–H and O–H groups in total. The van der Waals surface area contributed by atoms with Crippen LogP contribution in [0.15, 0.2) is 12.1 Å². The van der Waals surface area contributed by atoms with Gasteiger partial charge in [0.2, 0.25) is 0 Å². The molecule has 0 heterocycles. The molecule has 1 aromatic rings. The Bertz CT molecular complexity index is 528. The smallest absolute Gasteiger partial charge is 0.403 e. The van der Waals surface area contributed by atoms with Crippen LogP contribution < -0.4 is 4.52 Å². The first kappa shape index (κ1) is 13.4. The molecular weight excluding hydrogens is 364 g/mol. The molecule has 1 rings (SSSR count). The van der Waals surface area contributed by atoms with Gasteiger partial charge in [-0.3, -0.25) is 9.79 Å². The third-order valence-corrected chi connectivity index (χ3v) is 3.69. The van der Waals surface area contributed by atoms with E-state index in [1.54, 1.807) is 0 Å². The summed E-state index contributed by atoms with van der Waals surface area (Å²) >= 11 is -4.40. The molecule has 6 nitrogen and oxygen atoms in total. The molecule has 0 bridgehead atoms. The molecular formula is C6H4F2IO6P. The summed E-state index contributed by atoms with van der Waals surface area (Å²) in [6.07, 6.45) is 0. The molecule has 0 aromatic heterocycles. The largest absolute Gasteiger partial charge is 0.524 e. The fourth-order valence-corrected chi connectivity index (χ4v) is 2.73. The molecule has 0 aliphatic rings. The van der Waals surface area contributed by atoms with E-state index in [4.69, 9.17) is 9.79 Å². The first-order chi connectivity index (χ1) is 7.20. The predicted octanol–water partition coefficient (Wildman–Crippen LogP) is 1.80. The van der Waals surface area contributed by atoms with Crippen LogP contribution in [0.1, 0.15) is 0 Å². The van der Waals surface area contributed by atoms with Crippen LogP contribution in [0, 0.1) is 15.2 Å². The maximum Gasteiger partial charge on any atom is 0.524 e. The zero-order valence-electron chi connectivity index (χ0n) is 7.26. The van der Waals surface area contributed by atoms with Crippen LogP contribution in [0.4, 0.5) is 8.78 Å². The molecule has 0 saturated heterocycles. The molecule has 90 valence electrons. The second-order valence-corrected chi connectivity index (χ2v) is 5.98. The van der Waals surface area contributed by atoms with Crippen molar-refractivity contribution in [3.63, 3.8) is 0 Å². The molecule has 0 unspecified atom stereocenters. The van der Waals surface area contributed by atoms with Crippen LogP contribution in [-0.4, -0.2) is 9.79 Å². The Balaban J connectivity index is 3.41. The number of rotatable bonds is 3. The molecule has 10 heteroatoms. The minimum atomic E-state index is -5.08. The van der Waals surface area contributed by atoms with Crippen molar-refractivity contribution in [1.82, 2.24) is 0 Å².